The van der Waals surface area contributed by atoms with E-state index in [2.05, 4.69) is 15.4 Å². The van der Waals surface area contributed by atoms with E-state index in [-0.39, 0.29) is 29.2 Å². The van der Waals surface area contributed by atoms with Crippen molar-refractivity contribution in [1.29, 1.82) is 0 Å². The summed E-state index contributed by atoms with van der Waals surface area (Å²) in [6.45, 7) is 2.23. The van der Waals surface area contributed by atoms with Crippen molar-refractivity contribution in [2.24, 2.45) is 0 Å². The molecule has 0 aliphatic rings. The van der Waals surface area contributed by atoms with E-state index in [1.54, 1.807) is 30.1 Å². The minimum absolute atomic E-state index is 0.107. The second-order valence-corrected chi connectivity index (χ2v) is 6.82. The highest BCUT2D eigenvalue weighted by Crippen LogP contribution is 2.34. The highest BCUT2D eigenvalue weighted by Gasteiger charge is 2.18. The van der Waals surface area contributed by atoms with Crippen molar-refractivity contribution in [3.8, 4) is 11.5 Å². The zero-order chi connectivity index (χ0) is 21.3. The second kappa shape index (κ2) is 7.70. The van der Waals surface area contributed by atoms with Gasteiger partial charge in [0, 0.05) is 11.1 Å². The molecule has 4 aromatic rings. The van der Waals surface area contributed by atoms with Crippen LogP contribution in [0.4, 0.5) is 5.69 Å². The number of fused-ring (bicyclic) bond motifs is 1. The molecule has 9 heteroatoms. The third kappa shape index (κ3) is 3.72. The Labute approximate surface area is 170 Å². The van der Waals surface area contributed by atoms with Crippen LogP contribution in [-0.2, 0) is 17.8 Å². The Morgan fingerprint density at radius 1 is 1.17 bits per heavy atom. The molecule has 0 spiro atoms. The first kappa shape index (κ1) is 19.2. The molecule has 0 bridgehead atoms. The number of nitrogens with zero attached hydrogens (tertiary/aromatic N) is 3. The minimum atomic E-state index is -0.737. The monoisotopic (exact) mass is 406 g/mol. The van der Waals surface area contributed by atoms with Crippen molar-refractivity contribution in [2.45, 2.75) is 19.9 Å². The summed E-state index contributed by atoms with van der Waals surface area (Å²) in [6, 6.07) is 10.1. The van der Waals surface area contributed by atoms with Gasteiger partial charge in [-0.1, -0.05) is 12.1 Å². The quantitative estimate of drug-likeness (QED) is 0.342. The Kier molecular flexibility index (Phi) is 4.93. The van der Waals surface area contributed by atoms with Crippen LogP contribution in [0, 0.1) is 6.92 Å². The topological polar surface area (TPSA) is 130 Å². The number of rotatable bonds is 5. The van der Waals surface area contributed by atoms with Crippen LogP contribution in [0.1, 0.15) is 16.7 Å². The van der Waals surface area contributed by atoms with Crippen LogP contribution < -0.4 is 10.9 Å². The van der Waals surface area contributed by atoms with E-state index in [4.69, 9.17) is 4.42 Å². The van der Waals surface area contributed by atoms with E-state index in [9.17, 15) is 19.8 Å². The van der Waals surface area contributed by atoms with Gasteiger partial charge in [0.25, 0.3) is 0 Å². The molecule has 30 heavy (non-hydrogen) atoms. The number of phenolic OH excluding ortho intramolecular Hbond substituents is 2. The minimum Gasteiger partial charge on any atom is -0.504 e. The van der Waals surface area contributed by atoms with Gasteiger partial charge >= 0.3 is 5.63 Å². The number of amides is 1. The number of carbonyl (C=O) groups is 1. The Balaban J connectivity index is 1.51. The molecule has 4 rings (SSSR count). The molecule has 1 amide bonds. The lowest BCUT2D eigenvalue weighted by Gasteiger charge is -2.10. The maximum absolute atomic E-state index is 12.5. The van der Waals surface area contributed by atoms with E-state index in [1.165, 1.54) is 18.5 Å². The highest BCUT2D eigenvalue weighted by molar-refractivity contribution is 5.94. The molecule has 0 saturated heterocycles. The van der Waals surface area contributed by atoms with Crippen molar-refractivity contribution in [1.82, 2.24) is 14.8 Å². The van der Waals surface area contributed by atoms with Gasteiger partial charge in [0.1, 0.15) is 12.7 Å². The molecule has 2 aromatic heterocycles. The Morgan fingerprint density at radius 3 is 2.63 bits per heavy atom. The lowest BCUT2D eigenvalue weighted by molar-refractivity contribution is -0.115. The van der Waals surface area contributed by atoms with Crippen molar-refractivity contribution in [3.63, 3.8) is 0 Å². The van der Waals surface area contributed by atoms with Crippen molar-refractivity contribution >= 4 is 22.6 Å². The van der Waals surface area contributed by atoms with Gasteiger partial charge in [-0.2, -0.15) is 5.10 Å². The second-order valence-electron chi connectivity index (χ2n) is 6.82. The number of aryl methyl sites for hydroxylation is 1. The van der Waals surface area contributed by atoms with Gasteiger partial charge < -0.3 is 19.9 Å². The van der Waals surface area contributed by atoms with Crippen LogP contribution in [-0.4, -0.2) is 30.9 Å². The number of nitrogens with one attached hydrogen (secondary N) is 1. The molecular weight excluding hydrogens is 388 g/mol. The average molecular weight is 406 g/mol. The molecule has 0 unspecified atom stereocenters. The van der Waals surface area contributed by atoms with E-state index in [1.807, 2.05) is 12.1 Å². The Bertz CT molecular complexity index is 1280. The van der Waals surface area contributed by atoms with Gasteiger partial charge in [-0.25, -0.2) is 14.5 Å². The summed E-state index contributed by atoms with van der Waals surface area (Å²) in [6.07, 6.45) is 2.89. The summed E-state index contributed by atoms with van der Waals surface area (Å²) in [4.78, 5) is 28.7. The first-order valence-corrected chi connectivity index (χ1v) is 9.11. The number of hydrogen-bond donors (Lipinski definition) is 3. The molecule has 0 aliphatic carbocycles. The number of anilines is 1. The summed E-state index contributed by atoms with van der Waals surface area (Å²) in [5.74, 6) is -1.27. The van der Waals surface area contributed by atoms with Crippen LogP contribution in [0.5, 0.6) is 11.5 Å². The molecule has 152 valence electrons. The van der Waals surface area contributed by atoms with Crippen LogP contribution >= 0.6 is 0 Å². The molecule has 0 radical (unpaired) electrons. The number of carbonyl (C=O) groups excluding carboxylic acids is 1. The van der Waals surface area contributed by atoms with E-state index in [0.29, 0.717) is 23.2 Å². The van der Waals surface area contributed by atoms with Crippen molar-refractivity contribution in [3.05, 3.63) is 76.2 Å². The summed E-state index contributed by atoms with van der Waals surface area (Å²) >= 11 is 0. The van der Waals surface area contributed by atoms with Crippen LogP contribution in [0.2, 0.25) is 0 Å². The normalized spacial score (nSPS) is 11.0. The summed E-state index contributed by atoms with van der Waals surface area (Å²) < 4.78 is 6.83. The fraction of sp³-hybridized carbons (Fsp3) is 0.143. The first-order valence-electron chi connectivity index (χ1n) is 9.11. The van der Waals surface area contributed by atoms with E-state index >= 15 is 0 Å². The molecule has 2 heterocycles. The van der Waals surface area contributed by atoms with Crippen LogP contribution in [0.15, 0.2) is 58.3 Å². The third-order valence-corrected chi connectivity index (χ3v) is 4.79. The number of benzene rings is 2. The maximum Gasteiger partial charge on any atom is 0.340 e. The van der Waals surface area contributed by atoms with Crippen LogP contribution in [0.3, 0.4) is 0 Å². The van der Waals surface area contributed by atoms with Crippen LogP contribution in [0.25, 0.3) is 11.0 Å². The van der Waals surface area contributed by atoms with Gasteiger partial charge in [-0.3, -0.25) is 4.79 Å². The molecule has 2 aromatic carbocycles. The lowest BCUT2D eigenvalue weighted by Crippen LogP contribution is -2.20. The molecule has 0 aliphatic heterocycles. The standard InChI is InChI=1S/C21H18N4O5/c1-12-15-6-7-17(26)19(28)20(15)30-21(29)16(12)8-18(27)24-14-4-2-13(3-5-14)9-25-11-22-10-23-25/h2-7,10-11,26,28H,8-9H2,1H3,(H,24,27). The molecule has 0 atom stereocenters. The maximum atomic E-state index is 12.5. The lowest BCUT2D eigenvalue weighted by atomic mass is 10.0. The molecule has 0 fully saturated rings. The smallest absolute Gasteiger partial charge is 0.340 e. The molecular formula is C21H18N4O5. The van der Waals surface area contributed by atoms with E-state index in [0.717, 1.165) is 5.56 Å². The predicted octanol–water partition coefficient (Wildman–Crippen LogP) is 2.33. The first-order chi connectivity index (χ1) is 14.4. The van der Waals surface area contributed by atoms with Gasteiger partial charge in [-0.05, 0) is 42.3 Å². The Morgan fingerprint density at radius 2 is 1.93 bits per heavy atom. The largest absolute Gasteiger partial charge is 0.504 e. The van der Waals surface area contributed by atoms with Gasteiger partial charge in [0.2, 0.25) is 11.7 Å². The predicted molar refractivity (Wildman–Crippen MR) is 108 cm³/mol. The zero-order valence-corrected chi connectivity index (χ0v) is 16.0. The SMILES string of the molecule is Cc1c(CC(=O)Nc2ccc(Cn3cncn3)cc2)c(=O)oc2c(O)c(O)ccc12. The fourth-order valence-electron chi connectivity index (χ4n) is 3.19. The molecule has 9 nitrogen and oxygen atoms in total. The summed E-state index contributed by atoms with van der Waals surface area (Å²) in [5.41, 5.74) is 1.44. The Hall–Kier alpha value is -4.14. The van der Waals surface area contributed by atoms with Gasteiger partial charge in [-0.15, -0.1) is 0 Å². The highest BCUT2D eigenvalue weighted by atomic mass is 16.4. The number of phenols is 2. The molecule has 0 saturated carbocycles. The van der Waals surface area contributed by atoms with Gasteiger partial charge in [0.15, 0.2) is 11.3 Å². The van der Waals surface area contributed by atoms with Crippen molar-refractivity contribution < 1.29 is 19.4 Å². The zero-order valence-electron chi connectivity index (χ0n) is 16.0. The fourth-order valence-corrected chi connectivity index (χ4v) is 3.19. The van der Waals surface area contributed by atoms with E-state index < -0.39 is 11.4 Å². The summed E-state index contributed by atoms with van der Waals surface area (Å²) in [7, 11) is 0. The van der Waals surface area contributed by atoms with Gasteiger partial charge in [0.05, 0.1) is 18.5 Å². The molecule has 3 N–H and O–H groups in total. The average Bonchev–Trinajstić information content (AvgIpc) is 3.23. The van der Waals surface area contributed by atoms with Crippen molar-refractivity contribution in [2.75, 3.05) is 5.32 Å². The third-order valence-electron chi connectivity index (χ3n) is 4.79. The number of aromatic hydroxyl groups is 2. The number of hydrogen-bond acceptors (Lipinski definition) is 7. The summed E-state index contributed by atoms with van der Waals surface area (Å²) in [5, 5.41) is 26.7. The number of aromatic nitrogens is 3.